The third kappa shape index (κ3) is 16.6. The Morgan fingerprint density at radius 3 is 1.87 bits per heavy atom. The summed E-state index contributed by atoms with van der Waals surface area (Å²) in [5, 5.41) is 10.3. The highest BCUT2D eigenvalue weighted by atomic mass is 16.6. The van der Waals surface area contributed by atoms with Crippen LogP contribution in [0.25, 0.3) is 0 Å². The molecule has 5 unspecified atom stereocenters. The fourth-order valence-corrected chi connectivity index (χ4v) is 6.97. The third-order valence-corrected chi connectivity index (χ3v) is 9.51. The molecule has 45 heavy (non-hydrogen) atoms. The smallest absolute Gasteiger partial charge is 0.306 e. The van der Waals surface area contributed by atoms with Crippen molar-refractivity contribution in [3.63, 3.8) is 0 Å². The second-order valence-electron chi connectivity index (χ2n) is 13.7. The summed E-state index contributed by atoms with van der Waals surface area (Å²) in [6, 6.07) is 0. The molecule has 0 heterocycles. The molecule has 2 aliphatic rings. The monoisotopic (exact) mass is 639 g/mol. The molecule has 262 valence electrons. The van der Waals surface area contributed by atoms with Gasteiger partial charge in [-0.15, -0.1) is 0 Å². The predicted molar refractivity (Wildman–Crippen MR) is 176 cm³/mol. The lowest BCUT2D eigenvalue weighted by molar-refractivity contribution is -0.189. The van der Waals surface area contributed by atoms with Crippen molar-refractivity contribution < 1.29 is 38.4 Å². The average Bonchev–Trinajstić information content (AvgIpc) is 3.45. The fraction of sp³-hybridized carbons (Fsp3) is 0.917. The number of nitrogens with zero attached hydrogens (tertiary/aromatic N) is 1. The van der Waals surface area contributed by atoms with Gasteiger partial charge in [0.2, 0.25) is 0 Å². The van der Waals surface area contributed by atoms with Crippen molar-refractivity contribution in [2.24, 2.45) is 17.8 Å². The molecule has 2 saturated carbocycles. The Bertz CT molecular complexity index is 807. The largest absolute Gasteiger partial charge is 0.462 e. The van der Waals surface area contributed by atoms with Crippen LogP contribution in [0.2, 0.25) is 0 Å². The van der Waals surface area contributed by atoms with Crippen LogP contribution < -0.4 is 0 Å². The van der Waals surface area contributed by atoms with Crippen molar-refractivity contribution in [3.8, 4) is 0 Å². The molecule has 0 aromatic carbocycles. The molecule has 9 nitrogen and oxygen atoms in total. The van der Waals surface area contributed by atoms with Crippen LogP contribution >= 0.6 is 0 Å². The number of carbonyl (C=O) groups is 3. The van der Waals surface area contributed by atoms with E-state index in [1.54, 1.807) is 0 Å². The van der Waals surface area contributed by atoms with Crippen LogP contribution in [0.15, 0.2) is 0 Å². The van der Waals surface area contributed by atoms with Gasteiger partial charge in [-0.05, 0) is 76.9 Å². The number of unbranched alkanes of at least 4 members (excludes halogenated alkanes) is 6. The molecule has 0 amide bonds. The Morgan fingerprint density at radius 1 is 0.756 bits per heavy atom. The van der Waals surface area contributed by atoms with Gasteiger partial charge >= 0.3 is 17.9 Å². The molecule has 0 spiro atoms. The van der Waals surface area contributed by atoms with Gasteiger partial charge in [-0.3, -0.25) is 14.4 Å². The van der Waals surface area contributed by atoms with Gasteiger partial charge in [0.25, 0.3) is 0 Å². The number of fused-ring (bicyclic) bond motifs is 1. The third-order valence-electron chi connectivity index (χ3n) is 9.51. The normalized spacial score (nSPS) is 21.6. The van der Waals surface area contributed by atoms with Gasteiger partial charge in [0.1, 0.15) is 12.7 Å². The lowest BCUT2D eigenvalue weighted by atomic mass is 9.82. The highest BCUT2D eigenvalue weighted by molar-refractivity contribution is 5.71. The van der Waals surface area contributed by atoms with Crippen LogP contribution in [0.5, 0.6) is 0 Å². The molecule has 2 rings (SSSR count). The van der Waals surface area contributed by atoms with E-state index >= 15 is 0 Å². The van der Waals surface area contributed by atoms with E-state index in [1.807, 2.05) is 19.0 Å². The molecule has 0 bridgehead atoms. The number of hydrogen-bond donors (Lipinski definition) is 1. The quantitative estimate of drug-likeness (QED) is 0.0669. The topological polar surface area (TPSA) is 112 Å². The predicted octanol–water partition coefficient (Wildman–Crippen LogP) is 6.62. The number of esters is 3. The summed E-state index contributed by atoms with van der Waals surface area (Å²) in [6.07, 6.45) is 14.4. The summed E-state index contributed by atoms with van der Waals surface area (Å²) in [5.74, 6) is 1.03. The van der Waals surface area contributed by atoms with E-state index in [9.17, 15) is 19.5 Å². The maximum Gasteiger partial charge on any atom is 0.306 e. The number of carbonyl (C=O) groups excluding carboxylic acids is 3. The Hall–Kier alpha value is -1.71. The van der Waals surface area contributed by atoms with Crippen LogP contribution in [0.4, 0.5) is 0 Å². The van der Waals surface area contributed by atoms with Gasteiger partial charge in [0.05, 0.1) is 6.61 Å². The minimum Gasteiger partial charge on any atom is -0.462 e. The standard InChI is InChI=1S/C36H65NO8/c1-5-7-9-11-18-34(40)44-31(26-38)36(42-23-15-22-37(3)4)32(45-35(41)19-12-10-8-6-2)27-43-33(39)21-20-28-24-29-16-13-14-17-30(29)25-28/h28-32,36,38H,5-27H2,1-4H3. The fourth-order valence-electron chi connectivity index (χ4n) is 6.97. The first-order valence-electron chi connectivity index (χ1n) is 18.2. The van der Waals surface area contributed by atoms with E-state index in [-0.39, 0.29) is 25.4 Å². The van der Waals surface area contributed by atoms with E-state index in [4.69, 9.17) is 18.9 Å². The van der Waals surface area contributed by atoms with Crippen LogP contribution in [0.1, 0.15) is 136 Å². The zero-order chi connectivity index (χ0) is 32.9. The SMILES string of the molecule is CCCCCCC(=O)OC(CO)C(OCCCN(C)C)C(COC(=O)CCC1CC2CCCCC2C1)OC(=O)CCCCCC. The molecule has 1 N–H and O–H groups in total. The van der Waals surface area contributed by atoms with Gasteiger partial charge < -0.3 is 29.0 Å². The summed E-state index contributed by atoms with van der Waals surface area (Å²) in [5.41, 5.74) is 0. The zero-order valence-electron chi connectivity index (χ0n) is 29.0. The number of aliphatic hydroxyl groups is 1. The molecular formula is C36H65NO8. The molecule has 0 saturated heterocycles. The lowest BCUT2D eigenvalue weighted by Crippen LogP contribution is -2.48. The van der Waals surface area contributed by atoms with E-state index in [1.165, 1.54) is 38.5 Å². The number of rotatable bonds is 25. The van der Waals surface area contributed by atoms with Gasteiger partial charge in [-0.25, -0.2) is 0 Å². The minimum atomic E-state index is -1.05. The molecule has 0 aromatic rings. The molecule has 2 fully saturated rings. The maximum absolute atomic E-state index is 13.0. The molecule has 2 aliphatic carbocycles. The van der Waals surface area contributed by atoms with Crippen molar-refractivity contribution in [1.82, 2.24) is 4.90 Å². The van der Waals surface area contributed by atoms with Gasteiger partial charge in [-0.2, -0.15) is 0 Å². The van der Waals surface area contributed by atoms with Crippen molar-refractivity contribution in [2.45, 2.75) is 154 Å². The van der Waals surface area contributed by atoms with Crippen molar-refractivity contribution >= 4 is 17.9 Å². The minimum absolute atomic E-state index is 0.210. The van der Waals surface area contributed by atoms with Crippen LogP contribution in [-0.2, 0) is 33.3 Å². The van der Waals surface area contributed by atoms with Crippen molar-refractivity contribution in [3.05, 3.63) is 0 Å². The first kappa shape index (κ1) is 39.5. The van der Waals surface area contributed by atoms with E-state index < -0.39 is 36.9 Å². The van der Waals surface area contributed by atoms with Crippen molar-refractivity contribution in [2.75, 3.05) is 40.5 Å². The average molecular weight is 640 g/mol. The molecule has 5 atom stereocenters. The van der Waals surface area contributed by atoms with Crippen LogP contribution in [-0.4, -0.2) is 86.7 Å². The number of ether oxygens (including phenoxy) is 4. The Kier molecular flexibility index (Phi) is 20.7. The maximum atomic E-state index is 13.0. The number of hydrogen-bond acceptors (Lipinski definition) is 9. The molecule has 0 aromatic heterocycles. The molecule has 9 heteroatoms. The van der Waals surface area contributed by atoms with Gasteiger partial charge in [0, 0.05) is 25.9 Å². The van der Waals surface area contributed by atoms with Gasteiger partial charge in [-0.1, -0.05) is 78.1 Å². The Labute approximate surface area is 273 Å². The first-order chi connectivity index (χ1) is 21.8. The van der Waals surface area contributed by atoms with E-state index in [0.717, 1.165) is 63.3 Å². The number of aliphatic hydroxyl groups excluding tert-OH is 1. The zero-order valence-corrected chi connectivity index (χ0v) is 29.0. The second-order valence-corrected chi connectivity index (χ2v) is 13.7. The summed E-state index contributed by atoms with van der Waals surface area (Å²) in [7, 11) is 3.94. The Balaban J connectivity index is 2.07. The molecule has 0 aliphatic heterocycles. The highest BCUT2D eigenvalue weighted by Gasteiger charge is 2.38. The first-order valence-corrected chi connectivity index (χ1v) is 18.2. The Morgan fingerprint density at radius 2 is 1.33 bits per heavy atom. The lowest BCUT2D eigenvalue weighted by Gasteiger charge is -2.32. The summed E-state index contributed by atoms with van der Waals surface area (Å²) in [6.45, 7) is 4.58. The summed E-state index contributed by atoms with van der Waals surface area (Å²) < 4.78 is 23.5. The summed E-state index contributed by atoms with van der Waals surface area (Å²) >= 11 is 0. The van der Waals surface area contributed by atoms with Crippen LogP contribution in [0.3, 0.4) is 0 Å². The van der Waals surface area contributed by atoms with Gasteiger partial charge in [0.15, 0.2) is 12.2 Å². The molecular weight excluding hydrogens is 574 g/mol. The van der Waals surface area contributed by atoms with Crippen molar-refractivity contribution in [1.29, 1.82) is 0 Å². The summed E-state index contributed by atoms with van der Waals surface area (Å²) in [4.78, 5) is 40.7. The second kappa shape index (κ2) is 23.6. The van der Waals surface area contributed by atoms with E-state index in [0.29, 0.717) is 38.2 Å². The molecule has 0 radical (unpaired) electrons. The highest BCUT2D eigenvalue weighted by Crippen LogP contribution is 2.46. The van der Waals surface area contributed by atoms with E-state index in [2.05, 4.69) is 13.8 Å². The van der Waals surface area contributed by atoms with Crippen LogP contribution in [0, 0.1) is 17.8 Å².